The van der Waals surface area contributed by atoms with Gasteiger partial charge in [-0.2, -0.15) is 0 Å². The highest BCUT2D eigenvalue weighted by molar-refractivity contribution is 6.30. The van der Waals surface area contributed by atoms with Crippen molar-refractivity contribution < 1.29 is 9.53 Å². The van der Waals surface area contributed by atoms with Crippen LogP contribution in [0.25, 0.3) is 0 Å². The van der Waals surface area contributed by atoms with Crippen LogP contribution in [0.15, 0.2) is 42.5 Å². The van der Waals surface area contributed by atoms with Gasteiger partial charge in [0.25, 0.3) is 5.91 Å². The van der Waals surface area contributed by atoms with Crippen molar-refractivity contribution in [3.63, 3.8) is 0 Å². The number of aryl methyl sites for hydroxylation is 1. The Morgan fingerprint density at radius 2 is 1.96 bits per heavy atom. The minimum absolute atomic E-state index is 0.183. The summed E-state index contributed by atoms with van der Waals surface area (Å²) < 4.78 is 5.67. The number of nitrogens with zero attached hydrogens (tertiary/aromatic N) is 1. The van der Waals surface area contributed by atoms with E-state index >= 15 is 0 Å². The third kappa shape index (κ3) is 4.45. The standard InChI is InChI=1S/C20H23ClN2O2/c1-14-12-17(23-10-3-4-11-23)8-9-19(14)22-20(24)15(2)25-18-7-5-6-16(21)13-18/h5-9,12-13,15H,3-4,10-11H2,1-2H3,(H,22,24). The third-order valence-corrected chi connectivity index (χ3v) is 4.65. The molecular formula is C20H23ClN2O2. The number of hydrogen-bond acceptors (Lipinski definition) is 3. The van der Waals surface area contributed by atoms with Gasteiger partial charge in [-0.25, -0.2) is 0 Å². The molecule has 0 aliphatic carbocycles. The van der Waals surface area contributed by atoms with Crippen LogP contribution in [0.4, 0.5) is 11.4 Å². The Labute approximate surface area is 153 Å². The van der Waals surface area contributed by atoms with E-state index in [-0.39, 0.29) is 5.91 Å². The number of benzene rings is 2. The molecule has 5 heteroatoms. The second-order valence-corrected chi connectivity index (χ2v) is 6.84. The number of ether oxygens (including phenoxy) is 1. The molecular weight excluding hydrogens is 336 g/mol. The number of anilines is 2. The molecule has 0 bridgehead atoms. The zero-order valence-electron chi connectivity index (χ0n) is 14.6. The molecule has 0 radical (unpaired) electrons. The van der Waals surface area contributed by atoms with Crippen molar-refractivity contribution in [1.82, 2.24) is 0 Å². The maximum Gasteiger partial charge on any atom is 0.265 e. The number of rotatable bonds is 5. The van der Waals surface area contributed by atoms with Crippen molar-refractivity contribution in [3.8, 4) is 5.75 Å². The van der Waals surface area contributed by atoms with Crippen LogP contribution in [0.5, 0.6) is 5.75 Å². The Morgan fingerprint density at radius 3 is 2.64 bits per heavy atom. The lowest BCUT2D eigenvalue weighted by Gasteiger charge is -2.20. The second-order valence-electron chi connectivity index (χ2n) is 6.40. The van der Waals surface area contributed by atoms with Crippen molar-refractivity contribution in [1.29, 1.82) is 0 Å². The summed E-state index contributed by atoms with van der Waals surface area (Å²) in [6.07, 6.45) is 1.88. The predicted octanol–water partition coefficient (Wildman–Crippen LogP) is 4.65. The molecule has 0 aromatic heterocycles. The molecule has 2 aromatic rings. The van der Waals surface area contributed by atoms with E-state index < -0.39 is 6.10 Å². The summed E-state index contributed by atoms with van der Waals surface area (Å²) in [5.74, 6) is 0.397. The average molecular weight is 359 g/mol. The molecule has 0 spiro atoms. The number of carbonyl (C=O) groups is 1. The highest BCUT2D eigenvalue weighted by Crippen LogP contribution is 2.26. The van der Waals surface area contributed by atoms with E-state index in [2.05, 4.69) is 22.3 Å². The first-order chi connectivity index (χ1) is 12.0. The first-order valence-electron chi connectivity index (χ1n) is 8.61. The summed E-state index contributed by atoms with van der Waals surface area (Å²) in [5.41, 5.74) is 3.08. The van der Waals surface area contributed by atoms with E-state index in [9.17, 15) is 4.79 Å². The molecule has 2 aromatic carbocycles. The van der Waals surface area contributed by atoms with Crippen LogP contribution < -0.4 is 15.0 Å². The lowest BCUT2D eigenvalue weighted by atomic mass is 10.1. The number of nitrogens with one attached hydrogen (secondary N) is 1. The van der Waals surface area contributed by atoms with Crippen molar-refractivity contribution in [2.45, 2.75) is 32.8 Å². The van der Waals surface area contributed by atoms with E-state index in [0.29, 0.717) is 10.8 Å². The van der Waals surface area contributed by atoms with E-state index in [0.717, 1.165) is 24.3 Å². The van der Waals surface area contributed by atoms with Gasteiger partial charge in [0.15, 0.2) is 6.10 Å². The summed E-state index contributed by atoms with van der Waals surface area (Å²) in [6, 6.07) is 13.2. The Morgan fingerprint density at radius 1 is 1.20 bits per heavy atom. The van der Waals surface area contributed by atoms with Gasteiger partial charge < -0.3 is 15.0 Å². The molecule has 1 fully saturated rings. The summed E-state index contributed by atoms with van der Waals surface area (Å²) >= 11 is 5.94. The highest BCUT2D eigenvalue weighted by Gasteiger charge is 2.17. The van der Waals surface area contributed by atoms with Crippen LogP contribution in [0.1, 0.15) is 25.3 Å². The first kappa shape index (κ1) is 17.6. The predicted molar refractivity (Wildman–Crippen MR) is 103 cm³/mol. The average Bonchev–Trinajstić information content (AvgIpc) is 3.11. The van der Waals surface area contributed by atoms with Gasteiger partial charge in [-0.3, -0.25) is 4.79 Å². The van der Waals surface area contributed by atoms with E-state index in [1.165, 1.54) is 18.5 Å². The molecule has 1 aliphatic rings. The van der Waals surface area contributed by atoms with Gasteiger partial charge in [0.2, 0.25) is 0 Å². The zero-order valence-corrected chi connectivity index (χ0v) is 15.3. The maximum absolute atomic E-state index is 12.4. The van der Waals surface area contributed by atoms with Crippen molar-refractivity contribution >= 4 is 28.9 Å². The minimum atomic E-state index is -0.615. The largest absolute Gasteiger partial charge is 0.481 e. The molecule has 1 saturated heterocycles. The number of amides is 1. The zero-order chi connectivity index (χ0) is 17.8. The van der Waals surface area contributed by atoms with Crippen LogP contribution in [-0.2, 0) is 4.79 Å². The Hall–Kier alpha value is -2.20. The summed E-state index contributed by atoms with van der Waals surface area (Å²) in [6.45, 7) is 5.95. The smallest absolute Gasteiger partial charge is 0.265 e. The van der Waals surface area contributed by atoms with Gasteiger partial charge in [-0.1, -0.05) is 17.7 Å². The third-order valence-electron chi connectivity index (χ3n) is 4.42. The minimum Gasteiger partial charge on any atom is -0.481 e. The van der Waals surface area contributed by atoms with Gasteiger partial charge in [-0.05, 0) is 68.7 Å². The first-order valence-corrected chi connectivity index (χ1v) is 8.99. The molecule has 1 N–H and O–H groups in total. The summed E-state index contributed by atoms with van der Waals surface area (Å²) in [7, 11) is 0. The molecule has 4 nitrogen and oxygen atoms in total. The fourth-order valence-corrected chi connectivity index (χ4v) is 3.17. The van der Waals surface area contributed by atoms with Gasteiger partial charge in [-0.15, -0.1) is 0 Å². The van der Waals surface area contributed by atoms with E-state index in [1.54, 1.807) is 31.2 Å². The quantitative estimate of drug-likeness (QED) is 0.845. The lowest BCUT2D eigenvalue weighted by molar-refractivity contribution is -0.122. The van der Waals surface area contributed by atoms with Crippen LogP contribution in [-0.4, -0.2) is 25.1 Å². The fourth-order valence-electron chi connectivity index (χ4n) is 2.99. The van der Waals surface area contributed by atoms with Gasteiger partial charge in [0.05, 0.1) is 0 Å². The lowest BCUT2D eigenvalue weighted by Crippen LogP contribution is -2.30. The topological polar surface area (TPSA) is 41.6 Å². The van der Waals surface area contributed by atoms with Crippen molar-refractivity contribution in [3.05, 3.63) is 53.1 Å². The molecule has 1 amide bonds. The number of hydrogen-bond donors (Lipinski definition) is 1. The number of carbonyl (C=O) groups excluding carboxylic acids is 1. The van der Waals surface area contributed by atoms with Gasteiger partial charge in [0, 0.05) is 29.5 Å². The molecule has 1 atom stereocenters. The Bertz CT molecular complexity index is 757. The molecule has 1 aliphatic heterocycles. The summed E-state index contributed by atoms with van der Waals surface area (Å²) in [5, 5.41) is 3.53. The van der Waals surface area contributed by atoms with Crippen LogP contribution in [0.3, 0.4) is 0 Å². The molecule has 25 heavy (non-hydrogen) atoms. The summed E-state index contributed by atoms with van der Waals surface area (Å²) in [4.78, 5) is 14.8. The second kappa shape index (κ2) is 7.79. The molecule has 1 unspecified atom stereocenters. The van der Waals surface area contributed by atoms with Crippen molar-refractivity contribution in [2.24, 2.45) is 0 Å². The van der Waals surface area contributed by atoms with Crippen LogP contribution >= 0.6 is 11.6 Å². The SMILES string of the molecule is Cc1cc(N2CCCC2)ccc1NC(=O)C(C)Oc1cccc(Cl)c1. The van der Waals surface area contributed by atoms with Gasteiger partial charge >= 0.3 is 0 Å². The Balaban J connectivity index is 1.63. The molecule has 0 saturated carbocycles. The fraction of sp³-hybridized carbons (Fsp3) is 0.350. The maximum atomic E-state index is 12.4. The van der Waals surface area contributed by atoms with Crippen LogP contribution in [0, 0.1) is 6.92 Å². The highest BCUT2D eigenvalue weighted by atomic mass is 35.5. The Kier molecular flexibility index (Phi) is 5.49. The monoisotopic (exact) mass is 358 g/mol. The van der Waals surface area contributed by atoms with Crippen LogP contribution in [0.2, 0.25) is 5.02 Å². The number of halogens is 1. The molecule has 1 heterocycles. The molecule has 132 valence electrons. The van der Waals surface area contributed by atoms with Gasteiger partial charge in [0.1, 0.15) is 5.75 Å². The normalized spacial score (nSPS) is 15.1. The van der Waals surface area contributed by atoms with Crippen molar-refractivity contribution in [2.75, 3.05) is 23.3 Å². The van der Waals surface area contributed by atoms with E-state index in [1.807, 2.05) is 13.0 Å². The van der Waals surface area contributed by atoms with E-state index in [4.69, 9.17) is 16.3 Å². The molecule has 3 rings (SSSR count).